The number of nitrogens with zero attached hydrogens (tertiary/aromatic N) is 6. The molecule has 2 atom stereocenters. The number of likely N-dealkylation sites (tertiary alicyclic amines) is 1. The van der Waals surface area contributed by atoms with E-state index in [2.05, 4.69) is 83.5 Å². The molecule has 246 valence electrons. The van der Waals surface area contributed by atoms with Crippen molar-refractivity contribution in [1.29, 1.82) is 0 Å². The van der Waals surface area contributed by atoms with E-state index in [0.29, 0.717) is 17.7 Å². The van der Waals surface area contributed by atoms with Gasteiger partial charge in [-0.2, -0.15) is 10.1 Å². The van der Waals surface area contributed by atoms with Crippen molar-refractivity contribution in [1.82, 2.24) is 29.0 Å². The lowest BCUT2D eigenvalue weighted by molar-refractivity contribution is -0.117. The summed E-state index contributed by atoms with van der Waals surface area (Å²) in [5.41, 5.74) is 4.34. The highest BCUT2D eigenvalue weighted by Gasteiger charge is 2.57. The maximum atomic E-state index is 13.7. The summed E-state index contributed by atoms with van der Waals surface area (Å²) in [6.45, 7) is 5.79. The van der Waals surface area contributed by atoms with Crippen molar-refractivity contribution in [2.24, 2.45) is 7.05 Å². The van der Waals surface area contributed by atoms with Crippen LogP contribution in [-0.2, 0) is 28.2 Å². The van der Waals surface area contributed by atoms with Gasteiger partial charge in [0.05, 0.1) is 15.8 Å². The number of anilines is 3. The molecular weight excluding hydrogens is 611 g/mol. The van der Waals surface area contributed by atoms with E-state index in [9.17, 15) is 9.00 Å². The molecular formula is C35H43N9O2S. The van der Waals surface area contributed by atoms with E-state index >= 15 is 0 Å². The third kappa shape index (κ3) is 5.49. The first kappa shape index (κ1) is 30.5. The van der Waals surface area contributed by atoms with Gasteiger partial charge in [-0.3, -0.25) is 14.4 Å². The highest BCUT2D eigenvalue weighted by Crippen LogP contribution is 2.54. The minimum atomic E-state index is -1.22. The fourth-order valence-corrected chi connectivity index (χ4v) is 9.06. The summed E-state index contributed by atoms with van der Waals surface area (Å²) in [4.78, 5) is 24.9. The van der Waals surface area contributed by atoms with Gasteiger partial charge in [0.15, 0.2) is 5.82 Å². The van der Waals surface area contributed by atoms with E-state index in [4.69, 9.17) is 0 Å². The van der Waals surface area contributed by atoms with Gasteiger partial charge in [-0.05, 0) is 99.8 Å². The Morgan fingerprint density at radius 3 is 2.57 bits per heavy atom. The van der Waals surface area contributed by atoms with E-state index in [1.165, 1.54) is 16.6 Å². The van der Waals surface area contributed by atoms with Crippen molar-refractivity contribution >= 4 is 45.4 Å². The van der Waals surface area contributed by atoms with Gasteiger partial charge in [-0.1, -0.05) is 18.2 Å². The van der Waals surface area contributed by atoms with Gasteiger partial charge in [0.1, 0.15) is 16.8 Å². The number of carbonyl (C=O) groups excluding carboxylic acids is 1. The van der Waals surface area contributed by atoms with Crippen molar-refractivity contribution in [2.75, 3.05) is 49.2 Å². The molecule has 1 aliphatic carbocycles. The zero-order valence-electron chi connectivity index (χ0n) is 27.3. The maximum absolute atomic E-state index is 13.7. The number of aromatic nitrogens is 4. The number of fused-ring (bicyclic) bond motifs is 3. The lowest BCUT2D eigenvalue weighted by atomic mass is 9.88. The molecule has 2 aromatic carbocycles. The molecule has 8 rings (SSSR count). The Hall–Kier alpha value is -3.87. The summed E-state index contributed by atoms with van der Waals surface area (Å²) in [5, 5.41) is 15.3. The predicted molar refractivity (Wildman–Crippen MR) is 185 cm³/mol. The topological polar surface area (TPSA) is 120 Å². The standard InChI is InChI=1S/C35H43N9O2S/c1-22(43-15-9-23(10-16-43)25-7-8-28-30(20-25)42(3)41-31(28)36-2)24-5-4-6-27(19-24)47(46)44-17-11-26(12-18-44)38-34-37-21-29-32(40-34)39-33(45)35(29)13-14-35/h4-8,19-23,26H,9-18H2,1-3H3,(H,36,41)(H2,37,38,39,40,45). The average molecular weight is 654 g/mol. The molecule has 3 fully saturated rings. The Labute approximate surface area is 278 Å². The molecule has 4 aliphatic rings. The number of carbonyl (C=O) groups is 1. The normalized spacial score (nSPS) is 21.5. The number of aryl methyl sites for hydroxylation is 1. The number of benzene rings is 2. The summed E-state index contributed by atoms with van der Waals surface area (Å²) in [6.07, 6.45) is 7.48. The zero-order valence-corrected chi connectivity index (χ0v) is 28.1. The van der Waals surface area contributed by atoms with Crippen LogP contribution in [0.25, 0.3) is 10.9 Å². The summed E-state index contributed by atoms with van der Waals surface area (Å²) in [6, 6.07) is 15.6. The Balaban J connectivity index is 0.854. The van der Waals surface area contributed by atoms with Crippen molar-refractivity contribution in [3.63, 3.8) is 0 Å². The van der Waals surface area contributed by atoms with Crippen molar-refractivity contribution in [2.45, 2.75) is 73.8 Å². The van der Waals surface area contributed by atoms with Gasteiger partial charge in [-0.15, -0.1) is 0 Å². The number of hydrogen-bond donors (Lipinski definition) is 3. The van der Waals surface area contributed by atoms with Crippen LogP contribution < -0.4 is 16.0 Å². The van der Waals surface area contributed by atoms with Crippen molar-refractivity contribution < 1.29 is 9.00 Å². The van der Waals surface area contributed by atoms with Crippen LogP contribution >= 0.6 is 0 Å². The van der Waals surface area contributed by atoms with Gasteiger partial charge >= 0.3 is 0 Å². The van der Waals surface area contributed by atoms with E-state index in [-0.39, 0.29) is 23.4 Å². The molecule has 1 spiro atoms. The maximum Gasteiger partial charge on any atom is 0.236 e. The summed E-state index contributed by atoms with van der Waals surface area (Å²) < 4.78 is 17.7. The molecule has 5 heterocycles. The molecule has 4 aromatic rings. The minimum absolute atomic E-state index is 0.0523. The molecule has 12 heteroatoms. The molecule has 0 radical (unpaired) electrons. The second-order valence-electron chi connectivity index (χ2n) is 13.6. The second kappa shape index (κ2) is 12.0. The van der Waals surface area contributed by atoms with Crippen LogP contribution in [0.2, 0.25) is 0 Å². The monoisotopic (exact) mass is 653 g/mol. The third-order valence-corrected chi connectivity index (χ3v) is 12.4. The van der Waals surface area contributed by atoms with E-state index in [1.807, 2.05) is 24.8 Å². The molecule has 2 saturated heterocycles. The van der Waals surface area contributed by atoms with E-state index in [1.54, 1.807) is 6.20 Å². The molecule has 2 unspecified atom stereocenters. The fourth-order valence-electron chi connectivity index (χ4n) is 7.79. The Morgan fingerprint density at radius 1 is 1.04 bits per heavy atom. The van der Waals surface area contributed by atoms with Gasteiger partial charge in [0.25, 0.3) is 0 Å². The number of nitrogens with one attached hydrogen (secondary N) is 3. The highest BCUT2D eigenvalue weighted by molar-refractivity contribution is 7.82. The number of hydrogen-bond acceptors (Lipinski definition) is 8. The largest absolute Gasteiger partial charge is 0.371 e. The van der Waals surface area contributed by atoms with Crippen LogP contribution in [0.3, 0.4) is 0 Å². The number of amides is 1. The Kier molecular flexibility index (Phi) is 7.76. The van der Waals surface area contributed by atoms with E-state index < -0.39 is 11.0 Å². The summed E-state index contributed by atoms with van der Waals surface area (Å²) in [5.74, 6) is 2.71. The molecule has 3 N–H and O–H groups in total. The smallest absolute Gasteiger partial charge is 0.236 e. The number of rotatable bonds is 8. The first-order chi connectivity index (χ1) is 22.8. The van der Waals surface area contributed by atoms with Crippen molar-refractivity contribution in [3.05, 3.63) is 65.4 Å². The van der Waals surface area contributed by atoms with Crippen LogP contribution in [0.15, 0.2) is 53.6 Å². The molecule has 2 aromatic heterocycles. The van der Waals surface area contributed by atoms with Crippen LogP contribution in [-0.4, -0.2) is 78.3 Å². The average Bonchev–Trinajstić information content (AvgIpc) is 3.79. The molecule has 47 heavy (non-hydrogen) atoms. The summed E-state index contributed by atoms with van der Waals surface area (Å²) in [7, 11) is 2.71. The molecule has 0 bridgehead atoms. The lowest BCUT2D eigenvalue weighted by Crippen LogP contribution is -2.40. The number of piperidine rings is 2. The quantitative estimate of drug-likeness (QED) is 0.245. The highest BCUT2D eigenvalue weighted by atomic mass is 32.2. The van der Waals surface area contributed by atoms with Crippen LogP contribution in [0.4, 0.5) is 17.6 Å². The van der Waals surface area contributed by atoms with E-state index in [0.717, 1.165) is 86.4 Å². The zero-order chi connectivity index (χ0) is 32.3. The second-order valence-corrected chi connectivity index (χ2v) is 15.1. The minimum Gasteiger partial charge on any atom is -0.371 e. The first-order valence-electron chi connectivity index (χ1n) is 16.9. The van der Waals surface area contributed by atoms with Crippen molar-refractivity contribution in [3.8, 4) is 0 Å². The predicted octanol–water partition coefficient (Wildman–Crippen LogP) is 4.93. The van der Waals surface area contributed by atoms with Crippen LogP contribution in [0.1, 0.15) is 74.1 Å². The first-order valence-corrected chi connectivity index (χ1v) is 18.0. The van der Waals surface area contributed by atoms with Crippen LogP contribution in [0.5, 0.6) is 0 Å². The third-order valence-electron chi connectivity index (χ3n) is 10.9. The van der Waals surface area contributed by atoms with Crippen LogP contribution in [0, 0.1) is 0 Å². The fraction of sp³-hybridized carbons (Fsp3) is 0.486. The van der Waals surface area contributed by atoms with Gasteiger partial charge < -0.3 is 16.0 Å². The molecule has 11 nitrogen and oxygen atoms in total. The lowest BCUT2D eigenvalue weighted by Gasteiger charge is -2.36. The molecule has 1 amide bonds. The van der Waals surface area contributed by atoms with Gasteiger partial charge in [0, 0.05) is 56.4 Å². The van der Waals surface area contributed by atoms with Gasteiger partial charge in [0.2, 0.25) is 11.9 Å². The SMILES string of the molecule is CNc1nn(C)c2cc(C3CCN(C(C)c4cccc(S(=O)N5CCC(Nc6ncc7c(n6)NC(=O)C76CC6)CC5)c4)CC3)ccc12. The Bertz CT molecular complexity index is 1860. The summed E-state index contributed by atoms with van der Waals surface area (Å²) >= 11 is 0. The molecule has 1 saturated carbocycles. The van der Waals surface area contributed by atoms with Gasteiger partial charge in [-0.25, -0.2) is 13.5 Å². The molecule has 3 aliphatic heterocycles. The Morgan fingerprint density at radius 2 is 1.83 bits per heavy atom.